The highest BCUT2D eigenvalue weighted by atomic mass is 19.1. The fourth-order valence-corrected chi connectivity index (χ4v) is 1.79. The van der Waals surface area contributed by atoms with E-state index in [4.69, 9.17) is 15.2 Å². The lowest BCUT2D eigenvalue weighted by Gasteiger charge is -2.29. The Labute approximate surface area is 112 Å². The second kappa shape index (κ2) is 6.02. The number of hydrogen-bond acceptors (Lipinski definition) is 4. The van der Waals surface area contributed by atoms with Crippen LogP contribution in [0, 0.1) is 11.2 Å². The predicted octanol–water partition coefficient (Wildman–Crippen LogP) is 2.42. The van der Waals surface area contributed by atoms with Crippen LogP contribution >= 0.6 is 0 Å². The molecule has 0 fully saturated rings. The first-order valence-electron chi connectivity index (χ1n) is 6.10. The van der Waals surface area contributed by atoms with Gasteiger partial charge < -0.3 is 15.2 Å². The van der Waals surface area contributed by atoms with Gasteiger partial charge in [-0.1, -0.05) is 6.07 Å². The van der Waals surface area contributed by atoms with Gasteiger partial charge in [0.05, 0.1) is 19.1 Å². The molecule has 0 aliphatic rings. The van der Waals surface area contributed by atoms with Gasteiger partial charge in [0.15, 0.2) is 11.6 Å². The van der Waals surface area contributed by atoms with Crippen LogP contribution in [-0.4, -0.2) is 19.7 Å². The largest absolute Gasteiger partial charge is 0.491 e. The van der Waals surface area contributed by atoms with Gasteiger partial charge in [-0.3, -0.25) is 4.79 Å². The standard InChI is InChI=1S/C14H20FNO3/c1-5-19-11-7-6-9(8-10(11)15)12(16)14(2,3)13(17)18-4/h6-8,12H,5,16H2,1-4H3. The Kier molecular flexibility index (Phi) is 4.89. The number of benzene rings is 1. The number of methoxy groups -OCH3 is 1. The molecule has 106 valence electrons. The summed E-state index contributed by atoms with van der Waals surface area (Å²) in [6.45, 7) is 5.49. The van der Waals surface area contributed by atoms with Crippen LogP contribution in [0.1, 0.15) is 32.4 Å². The molecule has 1 unspecified atom stereocenters. The summed E-state index contributed by atoms with van der Waals surface area (Å²) in [5.74, 6) is -0.751. The lowest BCUT2D eigenvalue weighted by atomic mass is 9.81. The Bertz CT molecular complexity index is 460. The maximum Gasteiger partial charge on any atom is 0.313 e. The normalized spacial score (nSPS) is 12.9. The molecule has 0 spiro atoms. The highest BCUT2D eigenvalue weighted by Crippen LogP contribution is 2.34. The summed E-state index contributed by atoms with van der Waals surface area (Å²) in [5, 5.41) is 0. The minimum absolute atomic E-state index is 0.175. The molecular weight excluding hydrogens is 249 g/mol. The number of carbonyl (C=O) groups is 1. The third kappa shape index (κ3) is 3.23. The first-order valence-corrected chi connectivity index (χ1v) is 6.10. The van der Waals surface area contributed by atoms with Crippen LogP contribution in [0.3, 0.4) is 0 Å². The molecule has 0 radical (unpaired) electrons. The van der Waals surface area contributed by atoms with Gasteiger partial charge in [0.1, 0.15) is 0 Å². The van der Waals surface area contributed by atoms with Crippen molar-refractivity contribution in [2.75, 3.05) is 13.7 Å². The quantitative estimate of drug-likeness (QED) is 0.834. The summed E-state index contributed by atoms with van der Waals surface area (Å²) >= 11 is 0. The van der Waals surface area contributed by atoms with Crippen molar-refractivity contribution in [2.45, 2.75) is 26.8 Å². The predicted molar refractivity (Wildman–Crippen MR) is 70.3 cm³/mol. The van der Waals surface area contributed by atoms with Gasteiger partial charge in [0.25, 0.3) is 0 Å². The van der Waals surface area contributed by atoms with E-state index in [2.05, 4.69) is 0 Å². The van der Waals surface area contributed by atoms with E-state index in [9.17, 15) is 9.18 Å². The fourth-order valence-electron chi connectivity index (χ4n) is 1.79. The molecular formula is C14H20FNO3. The summed E-state index contributed by atoms with van der Waals surface area (Å²) in [4.78, 5) is 11.7. The van der Waals surface area contributed by atoms with E-state index in [1.165, 1.54) is 19.2 Å². The second-order valence-corrected chi connectivity index (χ2v) is 4.81. The van der Waals surface area contributed by atoms with E-state index in [1.807, 2.05) is 0 Å². The lowest BCUT2D eigenvalue weighted by molar-refractivity contribution is -0.152. The molecule has 0 aliphatic carbocycles. The van der Waals surface area contributed by atoms with E-state index in [0.717, 1.165) is 0 Å². The average Bonchev–Trinajstić information content (AvgIpc) is 2.39. The van der Waals surface area contributed by atoms with Gasteiger partial charge in [0, 0.05) is 6.04 Å². The molecule has 0 aromatic heterocycles. The molecule has 1 aromatic carbocycles. The third-order valence-electron chi connectivity index (χ3n) is 3.10. The summed E-state index contributed by atoms with van der Waals surface area (Å²) in [7, 11) is 1.30. The Balaban J connectivity index is 3.03. The van der Waals surface area contributed by atoms with Crippen molar-refractivity contribution in [3.63, 3.8) is 0 Å². The highest BCUT2D eigenvalue weighted by molar-refractivity contribution is 5.77. The zero-order valence-corrected chi connectivity index (χ0v) is 11.7. The summed E-state index contributed by atoms with van der Waals surface area (Å²) < 4.78 is 23.6. The molecule has 19 heavy (non-hydrogen) atoms. The van der Waals surface area contributed by atoms with Crippen molar-refractivity contribution in [3.8, 4) is 5.75 Å². The first-order chi connectivity index (χ1) is 8.84. The van der Waals surface area contributed by atoms with Gasteiger partial charge in [-0.05, 0) is 38.5 Å². The Hall–Kier alpha value is -1.62. The van der Waals surface area contributed by atoms with Gasteiger partial charge in [0.2, 0.25) is 0 Å². The fraction of sp³-hybridized carbons (Fsp3) is 0.500. The number of nitrogens with two attached hydrogens (primary N) is 1. The summed E-state index contributed by atoms with van der Waals surface area (Å²) in [5.41, 5.74) is 5.62. The number of ether oxygens (including phenoxy) is 2. The molecule has 0 bridgehead atoms. The Morgan fingerprint density at radius 1 is 1.47 bits per heavy atom. The number of esters is 1. The minimum atomic E-state index is -0.936. The molecule has 0 aliphatic heterocycles. The SMILES string of the molecule is CCOc1ccc(C(N)C(C)(C)C(=O)OC)cc1F. The monoisotopic (exact) mass is 269 g/mol. The number of rotatable bonds is 5. The van der Waals surface area contributed by atoms with Gasteiger partial charge in [-0.15, -0.1) is 0 Å². The zero-order chi connectivity index (χ0) is 14.6. The third-order valence-corrected chi connectivity index (χ3v) is 3.10. The van der Waals surface area contributed by atoms with E-state index in [0.29, 0.717) is 12.2 Å². The molecule has 1 atom stereocenters. The van der Waals surface area contributed by atoms with Crippen LogP contribution in [-0.2, 0) is 9.53 Å². The van der Waals surface area contributed by atoms with Crippen molar-refractivity contribution in [1.82, 2.24) is 0 Å². The molecule has 0 heterocycles. The van der Waals surface area contributed by atoms with Gasteiger partial charge in [-0.25, -0.2) is 4.39 Å². The van der Waals surface area contributed by atoms with Crippen molar-refractivity contribution in [3.05, 3.63) is 29.6 Å². The molecule has 0 amide bonds. The highest BCUT2D eigenvalue weighted by Gasteiger charge is 2.36. The van der Waals surface area contributed by atoms with Crippen LogP contribution in [0.5, 0.6) is 5.75 Å². The van der Waals surface area contributed by atoms with Gasteiger partial charge >= 0.3 is 5.97 Å². The van der Waals surface area contributed by atoms with E-state index >= 15 is 0 Å². The summed E-state index contributed by atoms with van der Waals surface area (Å²) in [6, 6.07) is 3.80. The van der Waals surface area contributed by atoms with E-state index < -0.39 is 23.2 Å². The van der Waals surface area contributed by atoms with Crippen LogP contribution in [0.25, 0.3) is 0 Å². The molecule has 1 aromatic rings. The van der Waals surface area contributed by atoms with Crippen molar-refractivity contribution in [1.29, 1.82) is 0 Å². The molecule has 0 saturated carbocycles. The molecule has 0 saturated heterocycles. The van der Waals surface area contributed by atoms with Gasteiger partial charge in [-0.2, -0.15) is 0 Å². The van der Waals surface area contributed by atoms with E-state index in [1.54, 1.807) is 26.8 Å². The van der Waals surface area contributed by atoms with Crippen LogP contribution in [0.2, 0.25) is 0 Å². The smallest absolute Gasteiger partial charge is 0.313 e. The van der Waals surface area contributed by atoms with Crippen molar-refractivity contribution >= 4 is 5.97 Å². The topological polar surface area (TPSA) is 61.5 Å². The molecule has 5 heteroatoms. The van der Waals surface area contributed by atoms with Crippen molar-refractivity contribution in [2.24, 2.45) is 11.1 Å². The number of carbonyl (C=O) groups excluding carboxylic acids is 1. The Morgan fingerprint density at radius 2 is 2.11 bits per heavy atom. The zero-order valence-electron chi connectivity index (χ0n) is 11.7. The molecule has 2 N–H and O–H groups in total. The average molecular weight is 269 g/mol. The molecule has 1 rings (SSSR count). The summed E-state index contributed by atoms with van der Waals surface area (Å²) in [6.07, 6.45) is 0. The maximum absolute atomic E-state index is 13.8. The maximum atomic E-state index is 13.8. The number of hydrogen-bond donors (Lipinski definition) is 1. The molecule has 4 nitrogen and oxygen atoms in total. The van der Waals surface area contributed by atoms with Crippen molar-refractivity contribution < 1.29 is 18.7 Å². The van der Waals surface area contributed by atoms with E-state index in [-0.39, 0.29) is 5.75 Å². The minimum Gasteiger partial charge on any atom is -0.491 e. The Morgan fingerprint density at radius 3 is 2.58 bits per heavy atom. The van der Waals surface area contributed by atoms with Crippen LogP contribution in [0.4, 0.5) is 4.39 Å². The number of halogens is 1. The lowest BCUT2D eigenvalue weighted by Crippen LogP contribution is -2.37. The van der Waals surface area contributed by atoms with Crippen LogP contribution in [0.15, 0.2) is 18.2 Å². The van der Waals surface area contributed by atoms with Crippen LogP contribution < -0.4 is 10.5 Å². The first kappa shape index (κ1) is 15.4. The second-order valence-electron chi connectivity index (χ2n) is 4.81.